The van der Waals surface area contributed by atoms with Gasteiger partial charge in [-0.05, 0) is 25.8 Å². The van der Waals surface area contributed by atoms with Gasteiger partial charge in [-0.2, -0.15) is 0 Å². The molecule has 15 heavy (non-hydrogen) atoms. The molecular weight excluding hydrogens is 204 g/mol. The zero-order valence-corrected chi connectivity index (χ0v) is 10.7. The Morgan fingerprint density at radius 2 is 2.27 bits per heavy atom. The Bertz CT molecular complexity index is 309. The van der Waals surface area contributed by atoms with Crippen molar-refractivity contribution in [2.75, 3.05) is 7.05 Å². The van der Waals surface area contributed by atoms with E-state index >= 15 is 0 Å². The van der Waals surface area contributed by atoms with Crippen molar-refractivity contribution in [3.8, 4) is 0 Å². The van der Waals surface area contributed by atoms with Crippen LogP contribution in [0.25, 0.3) is 0 Å². The topological polar surface area (TPSA) is 24.9 Å². The van der Waals surface area contributed by atoms with Gasteiger partial charge in [-0.3, -0.25) is 0 Å². The molecule has 0 aromatic carbocycles. The van der Waals surface area contributed by atoms with E-state index in [1.54, 1.807) is 0 Å². The van der Waals surface area contributed by atoms with Gasteiger partial charge in [0.15, 0.2) is 0 Å². The van der Waals surface area contributed by atoms with E-state index < -0.39 is 0 Å². The highest BCUT2D eigenvalue weighted by molar-refractivity contribution is 7.11. The summed E-state index contributed by atoms with van der Waals surface area (Å²) in [6.07, 6.45) is 3.67. The van der Waals surface area contributed by atoms with Crippen molar-refractivity contribution in [1.82, 2.24) is 10.3 Å². The van der Waals surface area contributed by atoms with E-state index in [2.05, 4.69) is 19.2 Å². The predicted molar refractivity (Wildman–Crippen MR) is 65.4 cm³/mol. The Hall–Kier alpha value is -0.410. The van der Waals surface area contributed by atoms with Gasteiger partial charge >= 0.3 is 0 Å². The maximum atomic E-state index is 4.81. The van der Waals surface area contributed by atoms with Gasteiger partial charge in [-0.1, -0.05) is 20.3 Å². The Balaban J connectivity index is 2.15. The molecule has 3 heteroatoms. The number of hydrogen-bond acceptors (Lipinski definition) is 3. The lowest BCUT2D eigenvalue weighted by Gasteiger charge is -1.98. The highest BCUT2D eigenvalue weighted by Crippen LogP contribution is 2.48. The smallest absolute Gasteiger partial charge is 0.0965 e. The van der Waals surface area contributed by atoms with Crippen molar-refractivity contribution < 1.29 is 0 Å². The molecular formula is C12H20N2S. The predicted octanol–water partition coefficient (Wildman–Crippen LogP) is 2.94. The van der Waals surface area contributed by atoms with E-state index in [1.165, 1.54) is 28.4 Å². The van der Waals surface area contributed by atoms with E-state index in [-0.39, 0.29) is 0 Å². The molecule has 1 aromatic heterocycles. The van der Waals surface area contributed by atoms with Crippen molar-refractivity contribution in [2.45, 2.75) is 45.6 Å². The van der Waals surface area contributed by atoms with Gasteiger partial charge in [-0.25, -0.2) is 4.98 Å². The molecule has 2 rings (SSSR count). The first kappa shape index (κ1) is 11.1. The average Bonchev–Trinajstić information content (AvgIpc) is 2.80. The van der Waals surface area contributed by atoms with Crippen molar-refractivity contribution in [2.24, 2.45) is 5.92 Å². The van der Waals surface area contributed by atoms with E-state index in [0.717, 1.165) is 24.8 Å². The minimum Gasteiger partial charge on any atom is -0.315 e. The second kappa shape index (κ2) is 4.62. The van der Waals surface area contributed by atoms with Gasteiger partial charge in [0.25, 0.3) is 0 Å². The van der Waals surface area contributed by atoms with Crippen LogP contribution in [-0.2, 0) is 13.0 Å². The van der Waals surface area contributed by atoms with E-state index in [4.69, 9.17) is 4.98 Å². The second-order valence-electron chi connectivity index (χ2n) is 4.52. The van der Waals surface area contributed by atoms with Crippen LogP contribution in [0, 0.1) is 5.92 Å². The molecule has 1 fully saturated rings. The summed E-state index contributed by atoms with van der Waals surface area (Å²) >= 11 is 1.92. The van der Waals surface area contributed by atoms with Gasteiger partial charge in [0.05, 0.1) is 10.7 Å². The second-order valence-corrected chi connectivity index (χ2v) is 5.64. The van der Waals surface area contributed by atoms with Crippen LogP contribution >= 0.6 is 11.3 Å². The molecule has 0 saturated heterocycles. The zero-order chi connectivity index (χ0) is 10.8. The SMILES string of the molecule is CCCc1nc(C2CC2C)sc1CNC. The molecule has 2 nitrogen and oxygen atoms in total. The fraction of sp³-hybridized carbons (Fsp3) is 0.750. The average molecular weight is 224 g/mol. The molecule has 2 unspecified atom stereocenters. The molecule has 84 valence electrons. The van der Waals surface area contributed by atoms with Crippen molar-refractivity contribution in [1.29, 1.82) is 0 Å². The Morgan fingerprint density at radius 3 is 2.80 bits per heavy atom. The third-order valence-electron chi connectivity index (χ3n) is 3.05. The summed E-state index contributed by atoms with van der Waals surface area (Å²) in [5, 5.41) is 4.62. The minimum atomic E-state index is 0.774. The first-order chi connectivity index (χ1) is 7.26. The first-order valence-corrected chi connectivity index (χ1v) is 6.71. The largest absolute Gasteiger partial charge is 0.315 e. The minimum absolute atomic E-state index is 0.774. The third kappa shape index (κ3) is 2.40. The lowest BCUT2D eigenvalue weighted by atomic mass is 10.2. The molecule has 0 bridgehead atoms. The summed E-state index contributed by atoms with van der Waals surface area (Å²) in [5.41, 5.74) is 1.34. The quantitative estimate of drug-likeness (QED) is 0.832. The molecule has 0 amide bonds. The van der Waals surface area contributed by atoms with Crippen LogP contribution in [-0.4, -0.2) is 12.0 Å². The van der Waals surface area contributed by atoms with E-state index in [9.17, 15) is 0 Å². The molecule has 1 aliphatic carbocycles. The highest BCUT2D eigenvalue weighted by Gasteiger charge is 2.37. The molecule has 0 aliphatic heterocycles. The summed E-state index contributed by atoms with van der Waals surface area (Å²) in [4.78, 5) is 6.26. The number of hydrogen-bond donors (Lipinski definition) is 1. The van der Waals surface area contributed by atoms with Crippen molar-refractivity contribution in [3.05, 3.63) is 15.6 Å². The van der Waals surface area contributed by atoms with Gasteiger partial charge in [0.2, 0.25) is 0 Å². The molecule has 1 N–H and O–H groups in total. The van der Waals surface area contributed by atoms with Crippen LogP contribution in [0.2, 0.25) is 0 Å². The fourth-order valence-electron chi connectivity index (χ4n) is 1.96. The Labute approximate surface area is 96.1 Å². The number of nitrogens with zero attached hydrogens (tertiary/aromatic N) is 1. The highest BCUT2D eigenvalue weighted by atomic mass is 32.1. The number of aryl methyl sites for hydroxylation is 1. The monoisotopic (exact) mass is 224 g/mol. The molecule has 0 spiro atoms. The fourth-order valence-corrected chi connectivity index (χ4v) is 3.33. The van der Waals surface area contributed by atoms with Crippen LogP contribution in [0.3, 0.4) is 0 Å². The normalized spacial score (nSPS) is 24.5. The van der Waals surface area contributed by atoms with Crippen molar-refractivity contribution >= 4 is 11.3 Å². The maximum Gasteiger partial charge on any atom is 0.0965 e. The molecule has 1 saturated carbocycles. The summed E-state index contributed by atoms with van der Waals surface area (Å²) in [6.45, 7) is 5.53. The zero-order valence-electron chi connectivity index (χ0n) is 9.84. The van der Waals surface area contributed by atoms with Gasteiger partial charge in [-0.15, -0.1) is 11.3 Å². The van der Waals surface area contributed by atoms with Crippen molar-refractivity contribution in [3.63, 3.8) is 0 Å². The van der Waals surface area contributed by atoms with Crippen LogP contribution in [0.5, 0.6) is 0 Å². The number of rotatable bonds is 5. The lowest BCUT2D eigenvalue weighted by Crippen LogP contribution is -2.05. The van der Waals surface area contributed by atoms with Crippen LogP contribution in [0.4, 0.5) is 0 Å². The maximum absolute atomic E-state index is 4.81. The first-order valence-electron chi connectivity index (χ1n) is 5.89. The van der Waals surface area contributed by atoms with Gasteiger partial charge in [0, 0.05) is 17.3 Å². The molecule has 1 heterocycles. The Morgan fingerprint density at radius 1 is 1.53 bits per heavy atom. The number of nitrogens with one attached hydrogen (secondary N) is 1. The number of thiazole rings is 1. The molecule has 2 atom stereocenters. The molecule has 0 radical (unpaired) electrons. The summed E-state index contributed by atoms with van der Waals surface area (Å²) in [5.74, 6) is 1.64. The van der Waals surface area contributed by atoms with E-state index in [0.29, 0.717) is 0 Å². The van der Waals surface area contributed by atoms with Crippen LogP contribution in [0.1, 0.15) is 48.2 Å². The third-order valence-corrected chi connectivity index (χ3v) is 4.28. The van der Waals surface area contributed by atoms with Gasteiger partial charge < -0.3 is 5.32 Å². The molecule has 1 aliphatic rings. The summed E-state index contributed by atoms with van der Waals surface area (Å²) in [7, 11) is 2.01. The van der Waals surface area contributed by atoms with Crippen LogP contribution in [0.15, 0.2) is 0 Å². The number of aromatic nitrogens is 1. The summed E-state index contributed by atoms with van der Waals surface area (Å²) < 4.78 is 0. The van der Waals surface area contributed by atoms with Crippen LogP contribution < -0.4 is 5.32 Å². The lowest BCUT2D eigenvalue weighted by molar-refractivity contribution is 0.794. The Kier molecular flexibility index (Phi) is 3.42. The van der Waals surface area contributed by atoms with E-state index in [1.807, 2.05) is 18.4 Å². The standard InChI is InChI=1S/C12H20N2S/c1-4-5-10-11(7-13-3)15-12(14-10)9-6-8(9)2/h8-9,13H,4-7H2,1-3H3. The summed E-state index contributed by atoms with van der Waals surface area (Å²) in [6, 6.07) is 0. The van der Waals surface area contributed by atoms with Gasteiger partial charge in [0.1, 0.15) is 0 Å². The molecule has 1 aromatic rings.